The number of unbranched alkanes of at least 4 members (excludes halogenated alkanes) is 1. The van der Waals surface area contributed by atoms with Crippen LogP contribution in [0.25, 0.3) is 33.6 Å². The quantitative estimate of drug-likeness (QED) is 0.249. The number of aryl methyl sites for hydroxylation is 1. The first-order valence-corrected chi connectivity index (χ1v) is 12.9. The average Bonchev–Trinajstić information content (AvgIpc) is 3.56. The summed E-state index contributed by atoms with van der Waals surface area (Å²) in [5.41, 5.74) is 11.2. The molecule has 0 saturated carbocycles. The van der Waals surface area contributed by atoms with Crippen LogP contribution in [0.2, 0.25) is 0 Å². The van der Waals surface area contributed by atoms with Gasteiger partial charge in [0.05, 0.1) is 37.4 Å². The van der Waals surface area contributed by atoms with Crippen molar-refractivity contribution in [1.82, 2.24) is 34.4 Å². The molecule has 5 rings (SSSR count). The van der Waals surface area contributed by atoms with E-state index in [9.17, 15) is 4.79 Å². The van der Waals surface area contributed by atoms with E-state index in [1.165, 1.54) is 0 Å². The van der Waals surface area contributed by atoms with Gasteiger partial charge in [0.2, 0.25) is 0 Å². The van der Waals surface area contributed by atoms with Gasteiger partial charge in [0.15, 0.2) is 17.3 Å². The molecule has 11 heteroatoms. The molecule has 0 saturated heterocycles. The number of aromatic nitrogens is 6. The smallest absolute Gasteiger partial charge is 0.407 e. The third-order valence-electron chi connectivity index (χ3n) is 6.48. The third kappa shape index (κ3) is 5.77. The molecule has 0 fully saturated rings. The third-order valence-corrected chi connectivity index (χ3v) is 6.48. The van der Waals surface area contributed by atoms with Crippen LogP contribution in [0.15, 0.2) is 55.1 Å². The van der Waals surface area contributed by atoms with Crippen molar-refractivity contribution in [1.29, 1.82) is 0 Å². The Labute approximate surface area is 226 Å². The van der Waals surface area contributed by atoms with Crippen LogP contribution < -0.4 is 15.8 Å². The standard InChI is InChI=1S/C28H32N8O3/c1-18(2)36-17-31-22-10-9-19(13-23(22)36)15-30-28(37)39-12-5-4-11-35-16-32-24-25(29)33-26(34-27(24)35)20-7-6-8-21(14-20)38-3/h6-10,13-14,16-18H,4-5,11-12,15H2,1-3H3,(H,30,37)(H2,29,33,34). The molecule has 202 valence electrons. The molecule has 0 unspecified atom stereocenters. The number of nitrogens with zero attached hydrogens (tertiary/aromatic N) is 6. The number of nitrogen functional groups attached to an aromatic ring is 1. The molecule has 0 atom stereocenters. The van der Waals surface area contributed by atoms with E-state index in [-0.39, 0.29) is 0 Å². The lowest BCUT2D eigenvalue weighted by molar-refractivity contribution is 0.143. The number of alkyl carbamates (subject to hydrolysis) is 1. The second-order valence-corrected chi connectivity index (χ2v) is 9.54. The van der Waals surface area contributed by atoms with Crippen LogP contribution in [0.1, 0.15) is 38.3 Å². The maximum Gasteiger partial charge on any atom is 0.407 e. The number of amides is 1. The average molecular weight is 529 g/mol. The maximum atomic E-state index is 12.2. The first-order chi connectivity index (χ1) is 18.9. The normalized spacial score (nSPS) is 11.4. The van der Waals surface area contributed by atoms with Crippen LogP contribution in [-0.4, -0.2) is 48.9 Å². The molecule has 39 heavy (non-hydrogen) atoms. The number of fused-ring (bicyclic) bond motifs is 2. The molecule has 0 bridgehead atoms. The van der Waals surface area contributed by atoms with Crippen LogP contribution in [0.3, 0.4) is 0 Å². The number of carbonyl (C=O) groups excluding carboxylic acids is 1. The molecular weight excluding hydrogens is 496 g/mol. The highest BCUT2D eigenvalue weighted by molar-refractivity contribution is 5.84. The van der Waals surface area contributed by atoms with Gasteiger partial charge in [-0.3, -0.25) is 0 Å². The van der Waals surface area contributed by atoms with Crippen molar-refractivity contribution in [2.75, 3.05) is 19.5 Å². The number of nitrogens with two attached hydrogens (primary N) is 1. The summed E-state index contributed by atoms with van der Waals surface area (Å²) in [6.07, 6.45) is 4.57. The van der Waals surface area contributed by atoms with E-state index in [1.807, 2.05) is 53.4 Å². The van der Waals surface area contributed by atoms with Gasteiger partial charge in [-0.15, -0.1) is 0 Å². The summed E-state index contributed by atoms with van der Waals surface area (Å²) < 4.78 is 14.7. The zero-order valence-corrected chi connectivity index (χ0v) is 22.3. The van der Waals surface area contributed by atoms with Gasteiger partial charge in [0.25, 0.3) is 0 Å². The van der Waals surface area contributed by atoms with E-state index in [0.717, 1.165) is 28.6 Å². The molecule has 1 amide bonds. The molecule has 3 heterocycles. The predicted molar refractivity (Wildman–Crippen MR) is 149 cm³/mol. The van der Waals surface area contributed by atoms with Gasteiger partial charge >= 0.3 is 6.09 Å². The highest BCUT2D eigenvalue weighted by atomic mass is 16.5. The topological polar surface area (TPSA) is 135 Å². The van der Waals surface area contributed by atoms with Crippen LogP contribution >= 0.6 is 0 Å². The second kappa shape index (κ2) is 11.4. The number of ether oxygens (including phenoxy) is 2. The van der Waals surface area contributed by atoms with Gasteiger partial charge in [0.1, 0.15) is 11.3 Å². The minimum Gasteiger partial charge on any atom is -0.497 e. The number of hydrogen-bond donors (Lipinski definition) is 2. The van der Waals surface area contributed by atoms with Gasteiger partial charge in [-0.2, -0.15) is 0 Å². The van der Waals surface area contributed by atoms with Crippen molar-refractivity contribution in [3.63, 3.8) is 0 Å². The molecule has 5 aromatic rings. The van der Waals surface area contributed by atoms with E-state index < -0.39 is 6.09 Å². The number of hydrogen-bond acceptors (Lipinski definition) is 8. The number of imidazole rings is 2. The first-order valence-electron chi connectivity index (χ1n) is 12.9. The Morgan fingerprint density at radius 3 is 2.77 bits per heavy atom. The Kier molecular flexibility index (Phi) is 7.57. The zero-order chi connectivity index (χ0) is 27.4. The zero-order valence-electron chi connectivity index (χ0n) is 22.3. The lowest BCUT2D eigenvalue weighted by Crippen LogP contribution is -2.24. The molecule has 0 aliphatic carbocycles. The highest BCUT2D eigenvalue weighted by Gasteiger charge is 2.13. The molecule has 2 aromatic carbocycles. The Hall–Kier alpha value is -4.67. The van der Waals surface area contributed by atoms with Crippen LogP contribution in [0, 0.1) is 0 Å². The summed E-state index contributed by atoms with van der Waals surface area (Å²) in [4.78, 5) is 30.2. The van der Waals surface area contributed by atoms with Crippen molar-refractivity contribution in [2.24, 2.45) is 0 Å². The second-order valence-electron chi connectivity index (χ2n) is 9.54. The predicted octanol–water partition coefficient (Wildman–Crippen LogP) is 4.72. The van der Waals surface area contributed by atoms with Crippen LogP contribution in [0.4, 0.5) is 10.6 Å². The van der Waals surface area contributed by atoms with E-state index in [4.69, 9.17) is 20.2 Å². The number of benzene rings is 2. The van der Waals surface area contributed by atoms with Crippen molar-refractivity contribution in [3.8, 4) is 17.1 Å². The Bertz CT molecular complexity index is 1610. The number of anilines is 1. The Morgan fingerprint density at radius 2 is 1.95 bits per heavy atom. The molecule has 3 aromatic heterocycles. The van der Waals surface area contributed by atoms with Gasteiger partial charge in [-0.1, -0.05) is 18.2 Å². The maximum absolute atomic E-state index is 12.2. The fourth-order valence-corrected chi connectivity index (χ4v) is 4.39. The molecule has 0 radical (unpaired) electrons. The van der Waals surface area contributed by atoms with E-state index in [2.05, 4.69) is 38.7 Å². The lowest BCUT2D eigenvalue weighted by Gasteiger charge is -2.10. The van der Waals surface area contributed by atoms with Crippen LogP contribution in [-0.2, 0) is 17.8 Å². The summed E-state index contributed by atoms with van der Waals surface area (Å²) in [6, 6.07) is 13.8. The molecule has 11 nitrogen and oxygen atoms in total. The number of carbonyl (C=O) groups is 1. The number of methoxy groups -OCH3 is 1. The molecule has 0 aliphatic heterocycles. The van der Waals surface area contributed by atoms with E-state index >= 15 is 0 Å². The van der Waals surface area contributed by atoms with Gasteiger partial charge in [0, 0.05) is 24.7 Å². The fraction of sp³-hybridized carbons (Fsp3) is 0.321. The van der Waals surface area contributed by atoms with Crippen molar-refractivity contribution < 1.29 is 14.3 Å². The minimum atomic E-state index is -0.441. The van der Waals surface area contributed by atoms with Gasteiger partial charge < -0.3 is 29.7 Å². The Morgan fingerprint density at radius 1 is 1.08 bits per heavy atom. The molecular formula is C28H32N8O3. The SMILES string of the molecule is COc1cccc(-c2nc(N)c3ncn(CCCCOC(=O)NCc4ccc5ncn(C(C)C)c5c4)c3n2)c1. The first kappa shape index (κ1) is 26.0. The van der Waals surface area contributed by atoms with Gasteiger partial charge in [-0.25, -0.2) is 24.7 Å². The Balaban J connectivity index is 1.12. The molecule has 0 spiro atoms. The largest absolute Gasteiger partial charge is 0.497 e. The van der Waals surface area contributed by atoms with E-state index in [1.54, 1.807) is 13.4 Å². The van der Waals surface area contributed by atoms with Gasteiger partial charge in [-0.05, 0) is 56.5 Å². The lowest BCUT2D eigenvalue weighted by atomic mass is 10.2. The number of rotatable bonds is 10. The van der Waals surface area contributed by atoms with Crippen molar-refractivity contribution >= 4 is 34.1 Å². The summed E-state index contributed by atoms with van der Waals surface area (Å²) in [5, 5.41) is 2.82. The minimum absolute atomic E-state index is 0.309. The summed E-state index contributed by atoms with van der Waals surface area (Å²) in [5.74, 6) is 1.55. The molecule has 0 aliphatic rings. The highest BCUT2D eigenvalue weighted by Crippen LogP contribution is 2.25. The van der Waals surface area contributed by atoms with Crippen molar-refractivity contribution in [3.05, 3.63) is 60.7 Å². The monoisotopic (exact) mass is 528 g/mol. The summed E-state index contributed by atoms with van der Waals surface area (Å²) in [6.45, 7) is 5.57. The number of nitrogens with one attached hydrogen (secondary N) is 1. The summed E-state index contributed by atoms with van der Waals surface area (Å²) >= 11 is 0. The van der Waals surface area contributed by atoms with Crippen LogP contribution in [0.5, 0.6) is 5.75 Å². The summed E-state index contributed by atoms with van der Waals surface area (Å²) in [7, 11) is 1.62. The molecule has 3 N–H and O–H groups in total. The fourth-order valence-electron chi connectivity index (χ4n) is 4.39. The van der Waals surface area contributed by atoms with E-state index in [0.29, 0.717) is 60.7 Å². The van der Waals surface area contributed by atoms with Crippen molar-refractivity contribution in [2.45, 2.75) is 45.8 Å².